The van der Waals surface area contributed by atoms with Gasteiger partial charge in [-0.2, -0.15) is 0 Å². The number of aliphatic hydroxyl groups is 1. The predicted molar refractivity (Wildman–Crippen MR) is 107 cm³/mol. The molecule has 0 bridgehead atoms. The highest BCUT2D eigenvalue weighted by Crippen LogP contribution is 2.68. The van der Waals surface area contributed by atoms with Gasteiger partial charge in [-0.25, -0.2) is 0 Å². The third-order valence-electron chi connectivity index (χ3n) is 5.19. The lowest BCUT2D eigenvalue weighted by atomic mass is 9.64. The lowest BCUT2D eigenvalue weighted by molar-refractivity contribution is -0.0667. The number of aryl methyl sites for hydroxylation is 1. The van der Waals surface area contributed by atoms with Gasteiger partial charge >= 0.3 is 7.60 Å². The van der Waals surface area contributed by atoms with Gasteiger partial charge in [0, 0.05) is 0 Å². The standard InChI is InChI=1S/C21H35O4P/c1-7-24-26(23,25-8-2)19(18-11-9-10-16(3)12-18)21(22)14-17(4)13-20(5,6)15-21/h9-12,17,19,22H,7-8,13-15H2,1-6H3. The summed E-state index contributed by atoms with van der Waals surface area (Å²) in [6, 6.07) is 7.89. The van der Waals surface area contributed by atoms with Gasteiger partial charge in [0.05, 0.1) is 18.8 Å². The van der Waals surface area contributed by atoms with E-state index in [2.05, 4.69) is 20.8 Å². The third-order valence-corrected chi connectivity index (χ3v) is 7.84. The largest absolute Gasteiger partial charge is 0.389 e. The predicted octanol–water partition coefficient (Wildman–Crippen LogP) is 5.88. The SMILES string of the molecule is CCOP(=O)(OCC)C(c1cccc(C)c1)C1(O)CC(C)CC(C)(C)C1. The Balaban J connectivity index is 2.61. The molecule has 1 N–H and O–H groups in total. The van der Waals surface area contributed by atoms with Crippen LogP contribution in [0.5, 0.6) is 0 Å². The summed E-state index contributed by atoms with van der Waals surface area (Å²) >= 11 is 0. The second kappa shape index (κ2) is 8.14. The van der Waals surface area contributed by atoms with E-state index in [1.54, 1.807) is 0 Å². The van der Waals surface area contributed by atoms with Crippen LogP contribution in [0.4, 0.5) is 0 Å². The highest BCUT2D eigenvalue weighted by molar-refractivity contribution is 7.54. The van der Waals surface area contributed by atoms with Gasteiger partial charge < -0.3 is 14.2 Å². The van der Waals surface area contributed by atoms with E-state index in [1.165, 1.54) is 0 Å². The summed E-state index contributed by atoms with van der Waals surface area (Å²) in [5.41, 5.74) is 0.0604. The summed E-state index contributed by atoms with van der Waals surface area (Å²) in [6.07, 6.45) is 2.22. The van der Waals surface area contributed by atoms with Crippen LogP contribution in [-0.2, 0) is 13.6 Å². The minimum Gasteiger partial charge on any atom is -0.389 e. The van der Waals surface area contributed by atoms with Crippen LogP contribution >= 0.6 is 7.60 Å². The molecule has 2 rings (SSSR count). The Bertz CT molecular complexity index is 647. The number of hydrogen-bond donors (Lipinski definition) is 1. The molecule has 5 heteroatoms. The Morgan fingerprint density at radius 1 is 1.23 bits per heavy atom. The second-order valence-electron chi connectivity index (χ2n) is 8.65. The van der Waals surface area contributed by atoms with Crippen LogP contribution in [0.1, 0.15) is 70.7 Å². The summed E-state index contributed by atoms with van der Waals surface area (Å²) in [5.74, 6) is 0.341. The van der Waals surface area contributed by atoms with E-state index in [4.69, 9.17) is 9.05 Å². The van der Waals surface area contributed by atoms with Crippen LogP contribution in [-0.4, -0.2) is 23.9 Å². The van der Waals surface area contributed by atoms with Crippen molar-refractivity contribution in [2.45, 2.75) is 72.1 Å². The lowest BCUT2D eigenvalue weighted by Gasteiger charge is -2.49. The molecule has 3 atom stereocenters. The average Bonchev–Trinajstić information content (AvgIpc) is 2.44. The average molecular weight is 382 g/mol. The number of benzene rings is 1. The minimum absolute atomic E-state index is 0.0300. The normalized spacial score (nSPS) is 27.3. The first-order valence-corrected chi connectivity index (χ1v) is 11.3. The fraction of sp³-hybridized carbons (Fsp3) is 0.714. The molecule has 1 saturated carbocycles. The highest BCUT2D eigenvalue weighted by atomic mass is 31.2. The first kappa shape index (κ1) is 21.6. The summed E-state index contributed by atoms with van der Waals surface area (Å²) in [5, 5.41) is 11.8. The summed E-state index contributed by atoms with van der Waals surface area (Å²) < 4.78 is 25.3. The molecule has 1 aliphatic rings. The van der Waals surface area contributed by atoms with Crippen LogP contribution in [0.3, 0.4) is 0 Å². The topological polar surface area (TPSA) is 55.8 Å². The monoisotopic (exact) mass is 382 g/mol. The molecule has 0 amide bonds. The Morgan fingerprint density at radius 2 is 1.85 bits per heavy atom. The van der Waals surface area contributed by atoms with Crippen molar-refractivity contribution in [1.29, 1.82) is 0 Å². The smallest absolute Gasteiger partial charge is 0.340 e. The molecule has 0 radical (unpaired) electrons. The van der Waals surface area contributed by atoms with Crippen molar-refractivity contribution in [3.05, 3.63) is 35.4 Å². The fourth-order valence-electron chi connectivity index (χ4n) is 4.97. The Hall–Kier alpha value is -0.670. The second-order valence-corrected chi connectivity index (χ2v) is 10.8. The molecular weight excluding hydrogens is 347 g/mol. The maximum atomic E-state index is 13.8. The molecule has 26 heavy (non-hydrogen) atoms. The van der Waals surface area contributed by atoms with E-state index < -0.39 is 18.9 Å². The van der Waals surface area contributed by atoms with Crippen LogP contribution in [0.15, 0.2) is 24.3 Å². The Morgan fingerprint density at radius 3 is 2.35 bits per heavy atom. The molecule has 3 unspecified atom stereocenters. The van der Waals surface area contributed by atoms with E-state index in [0.717, 1.165) is 17.5 Å². The zero-order valence-electron chi connectivity index (χ0n) is 17.1. The van der Waals surface area contributed by atoms with Crippen molar-refractivity contribution in [2.24, 2.45) is 11.3 Å². The quantitative estimate of drug-likeness (QED) is 0.598. The fourth-order valence-corrected chi connectivity index (χ4v) is 7.38. The van der Waals surface area contributed by atoms with Crippen molar-refractivity contribution in [3.8, 4) is 0 Å². The van der Waals surface area contributed by atoms with Crippen LogP contribution in [0.25, 0.3) is 0 Å². The first-order chi connectivity index (χ1) is 12.1. The van der Waals surface area contributed by atoms with Crippen molar-refractivity contribution in [3.63, 3.8) is 0 Å². The first-order valence-electron chi connectivity index (χ1n) is 9.73. The van der Waals surface area contributed by atoms with Gasteiger partial charge in [0.25, 0.3) is 0 Å². The van der Waals surface area contributed by atoms with E-state index >= 15 is 0 Å². The van der Waals surface area contributed by atoms with Gasteiger partial charge in [-0.05, 0) is 56.9 Å². The lowest BCUT2D eigenvalue weighted by Crippen LogP contribution is -2.46. The van der Waals surface area contributed by atoms with Gasteiger partial charge in [0.2, 0.25) is 0 Å². The van der Waals surface area contributed by atoms with Gasteiger partial charge in [-0.3, -0.25) is 4.57 Å². The van der Waals surface area contributed by atoms with E-state index in [1.807, 2.05) is 45.0 Å². The maximum Gasteiger partial charge on any atom is 0.340 e. The van der Waals surface area contributed by atoms with Gasteiger partial charge in [-0.1, -0.05) is 50.6 Å². The van der Waals surface area contributed by atoms with Crippen molar-refractivity contribution < 1.29 is 18.7 Å². The molecular formula is C21H35O4P. The number of rotatable bonds is 7. The molecule has 0 aromatic heterocycles. The summed E-state index contributed by atoms with van der Waals surface area (Å²) in [4.78, 5) is 0. The van der Waals surface area contributed by atoms with E-state index in [-0.39, 0.29) is 18.6 Å². The molecule has 4 nitrogen and oxygen atoms in total. The van der Waals surface area contributed by atoms with E-state index in [0.29, 0.717) is 18.8 Å². The zero-order valence-corrected chi connectivity index (χ0v) is 18.0. The molecule has 1 fully saturated rings. The van der Waals surface area contributed by atoms with Gasteiger partial charge in [0.15, 0.2) is 0 Å². The molecule has 1 aromatic rings. The number of hydrogen-bond acceptors (Lipinski definition) is 4. The molecule has 0 aliphatic heterocycles. The van der Waals surface area contributed by atoms with Crippen LogP contribution < -0.4 is 0 Å². The molecule has 0 saturated heterocycles. The van der Waals surface area contributed by atoms with Crippen molar-refractivity contribution in [1.82, 2.24) is 0 Å². The van der Waals surface area contributed by atoms with Gasteiger partial charge in [-0.15, -0.1) is 0 Å². The summed E-state index contributed by atoms with van der Waals surface area (Å²) in [6.45, 7) is 12.7. The Labute approximate surface area is 158 Å². The molecule has 148 valence electrons. The molecule has 0 spiro atoms. The molecule has 1 aromatic carbocycles. The van der Waals surface area contributed by atoms with Crippen molar-refractivity contribution >= 4 is 7.60 Å². The summed E-state index contributed by atoms with van der Waals surface area (Å²) in [7, 11) is -3.54. The van der Waals surface area contributed by atoms with Gasteiger partial charge in [0.1, 0.15) is 5.66 Å². The van der Waals surface area contributed by atoms with E-state index in [9.17, 15) is 9.67 Å². The zero-order chi connectivity index (χ0) is 19.6. The Kier molecular flexibility index (Phi) is 6.77. The highest BCUT2D eigenvalue weighted by Gasteiger charge is 2.55. The minimum atomic E-state index is -3.54. The third kappa shape index (κ3) is 4.78. The molecule has 0 heterocycles. The maximum absolute atomic E-state index is 13.8. The van der Waals surface area contributed by atoms with Crippen LogP contribution in [0.2, 0.25) is 0 Å². The van der Waals surface area contributed by atoms with Crippen molar-refractivity contribution in [2.75, 3.05) is 13.2 Å². The molecule has 1 aliphatic carbocycles. The van der Waals surface area contributed by atoms with Crippen LogP contribution in [0, 0.1) is 18.3 Å².